The molecule has 394 valence electrons. The summed E-state index contributed by atoms with van der Waals surface area (Å²) in [7, 11) is 0. The highest BCUT2D eigenvalue weighted by Crippen LogP contribution is 2.53. The Hall–Kier alpha value is -9.20. The first-order valence-corrected chi connectivity index (χ1v) is 28.6. The summed E-state index contributed by atoms with van der Waals surface area (Å²) in [5, 5.41) is 2.10. The lowest BCUT2D eigenvalue weighted by molar-refractivity contribution is 0.568. The Morgan fingerprint density at radius 2 is 0.852 bits per heavy atom. The van der Waals surface area contributed by atoms with Crippen LogP contribution in [-0.2, 0) is 23.7 Å². The Bertz CT molecular complexity index is 4170. The van der Waals surface area contributed by atoms with Crippen LogP contribution in [0.2, 0.25) is 0 Å². The molecule has 2 aliphatic carbocycles. The number of anilines is 6. The van der Waals surface area contributed by atoms with E-state index in [2.05, 4.69) is 264 Å². The number of nitrogens with zero attached hydrogens (tertiary/aromatic N) is 2. The molecule has 7 heteroatoms. The summed E-state index contributed by atoms with van der Waals surface area (Å²) in [6.45, 7) is 13.3. The van der Waals surface area contributed by atoms with Crippen LogP contribution in [0.3, 0.4) is 0 Å². The van der Waals surface area contributed by atoms with Gasteiger partial charge in [0, 0.05) is 55.5 Å². The van der Waals surface area contributed by atoms with Crippen molar-refractivity contribution < 1.29 is 17.7 Å². The summed E-state index contributed by atoms with van der Waals surface area (Å²) < 4.78 is 28.4. The van der Waals surface area contributed by atoms with Gasteiger partial charge in [0.05, 0.1) is 22.7 Å². The van der Waals surface area contributed by atoms with E-state index < -0.39 is 6.71 Å². The second-order valence-electron chi connectivity index (χ2n) is 24.2. The summed E-state index contributed by atoms with van der Waals surface area (Å²) in [6.07, 6.45) is 20.9. The van der Waals surface area contributed by atoms with Gasteiger partial charge in [0.15, 0.2) is 0 Å². The van der Waals surface area contributed by atoms with Crippen LogP contribution in [0, 0.1) is 0 Å². The molecule has 0 atom stereocenters. The molecule has 0 spiro atoms. The van der Waals surface area contributed by atoms with E-state index in [0.29, 0.717) is 0 Å². The second-order valence-corrected chi connectivity index (χ2v) is 24.2. The molecule has 4 aliphatic rings. The largest absolute Gasteiger partial charge is 0.468 e. The molecule has 0 saturated carbocycles. The van der Waals surface area contributed by atoms with Gasteiger partial charge in [-0.25, -0.2) is 0 Å². The van der Waals surface area contributed by atoms with Crippen LogP contribution < -0.4 is 26.6 Å². The van der Waals surface area contributed by atoms with Crippen molar-refractivity contribution in [1.29, 1.82) is 0 Å². The highest BCUT2D eigenvalue weighted by atomic mass is 16.4. The van der Waals surface area contributed by atoms with Gasteiger partial charge in [-0.3, -0.25) is 0 Å². The lowest BCUT2D eigenvalue weighted by Gasteiger charge is -2.41. The molecular formula is C74H61BN2O4. The van der Waals surface area contributed by atoms with Crippen molar-refractivity contribution in [3.63, 3.8) is 0 Å². The van der Waals surface area contributed by atoms with Gasteiger partial charge in [0.1, 0.15) is 45.5 Å². The minimum atomic E-state index is -0.405. The zero-order valence-electron chi connectivity index (χ0n) is 46.6. The van der Waals surface area contributed by atoms with Gasteiger partial charge >= 0.3 is 6.71 Å². The van der Waals surface area contributed by atoms with E-state index in [1.807, 2.05) is 0 Å². The number of allylic oxidation sites excluding steroid dienone is 6. The standard InChI is InChI=1S/C74H61BN2O4/c1-73(2,3)52-34-38-64-56(44-52)69-71(80-64)75-68-60(76(69)58-36-32-50(40-54(58)46-22-15-11-16-23-46)66-42-48-26-13-7-9-19-30-62(48)78-66)28-21-29-61(68)77(70-57-45-53(74(4,5)6)35-39-65(57)81-72(70)75)59-37-33-51(41-55(59)47-24-17-12-18-25-47)67-43-49-27-14-8-10-20-31-63(49)79-67/h7-8,11-25,28-45H,9-10,26-27H2,1-6H3/b13-7-,14-8-,30-19-,31-20-. The Labute approximate surface area is 473 Å². The van der Waals surface area contributed by atoms with Crippen LogP contribution in [0.1, 0.15) is 88.2 Å². The SMILES string of the molecule is CC(C)(C)c1ccc2oc3c(c2c1)N(c1ccc(-c2cc4c(o2)/C=C\C/C=C\C4)cc1-c1ccccc1)c1cccc2c1B3c1oc3ccc(C(C)(C)C)cc3c1N2c1ccc(-c2cc3c(o2)/C=C\C/C=C\C3)cc1-c1ccccc1. The topological polar surface area (TPSA) is 59.0 Å². The third-order valence-electron chi connectivity index (χ3n) is 16.9. The van der Waals surface area contributed by atoms with Gasteiger partial charge in [0.2, 0.25) is 0 Å². The first-order valence-electron chi connectivity index (χ1n) is 28.6. The van der Waals surface area contributed by atoms with E-state index in [1.165, 1.54) is 22.3 Å². The van der Waals surface area contributed by atoms with E-state index in [1.54, 1.807) is 0 Å². The fourth-order valence-corrected chi connectivity index (χ4v) is 12.7. The van der Waals surface area contributed by atoms with E-state index >= 15 is 0 Å². The average molecular weight is 1050 g/mol. The van der Waals surface area contributed by atoms with Gasteiger partial charge in [-0.05, 0) is 161 Å². The van der Waals surface area contributed by atoms with Crippen LogP contribution >= 0.6 is 0 Å². The number of hydrogen-bond donors (Lipinski definition) is 0. The molecule has 2 aliphatic heterocycles. The third kappa shape index (κ3) is 8.15. The van der Waals surface area contributed by atoms with Crippen molar-refractivity contribution in [3.8, 4) is 44.9 Å². The van der Waals surface area contributed by atoms with Crippen molar-refractivity contribution in [2.45, 2.75) is 78.1 Å². The molecule has 0 radical (unpaired) electrons. The molecule has 7 aromatic carbocycles. The smallest absolute Gasteiger partial charge is 0.342 e. The van der Waals surface area contributed by atoms with Crippen LogP contribution in [0.25, 0.3) is 79.0 Å². The molecule has 4 aromatic heterocycles. The monoisotopic (exact) mass is 1050 g/mol. The van der Waals surface area contributed by atoms with Gasteiger partial charge in [-0.2, -0.15) is 0 Å². The highest BCUT2D eigenvalue weighted by Gasteiger charge is 2.50. The van der Waals surface area contributed by atoms with Gasteiger partial charge < -0.3 is 27.5 Å². The minimum Gasteiger partial charge on any atom is -0.468 e. The number of furan rings is 4. The summed E-state index contributed by atoms with van der Waals surface area (Å²) in [5.41, 5.74) is 21.6. The van der Waals surface area contributed by atoms with Gasteiger partial charge in [-0.15, -0.1) is 0 Å². The zero-order valence-corrected chi connectivity index (χ0v) is 46.6. The van der Waals surface area contributed by atoms with E-state index in [-0.39, 0.29) is 10.8 Å². The fraction of sp³-hybridized carbons (Fsp3) is 0.162. The van der Waals surface area contributed by atoms with E-state index in [0.717, 1.165) is 155 Å². The Balaban J connectivity index is 1.01. The Morgan fingerprint density at radius 1 is 0.395 bits per heavy atom. The quantitative estimate of drug-likeness (QED) is 0.122. The molecular weight excluding hydrogens is 992 g/mol. The van der Waals surface area contributed by atoms with Crippen molar-refractivity contribution >= 4 is 91.7 Å². The van der Waals surface area contributed by atoms with Crippen molar-refractivity contribution in [2.75, 3.05) is 9.80 Å². The van der Waals surface area contributed by atoms with Crippen LogP contribution in [0.4, 0.5) is 34.1 Å². The highest BCUT2D eigenvalue weighted by molar-refractivity contribution is 6.99. The molecule has 0 saturated heterocycles. The summed E-state index contributed by atoms with van der Waals surface area (Å²) in [4.78, 5) is 4.98. The van der Waals surface area contributed by atoms with E-state index in [9.17, 15) is 0 Å². The van der Waals surface area contributed by atoms with Crippen LogP contribution in [0.5, 0.6) is 0 Å². The van der Waals surface area contributed by atoms with Crippen LogP contribution in [-0.4, -0.2) is 6.71 Å². The summed E-state index contributed by atoms with van der Waals surface area (Å²) in [5.74, 6) is 3.52. The maximum absolute atomic E-state index is 7.48. The number of rotatable bonds is 6. The first kappa shape index (κ1) is 48.9. The van der Waals surface area contributed by atoms with Crippen molar-refractivity contribution in [2.24, 2.45) is 0 Å². The molecule has 0 amide bonds. The van der Waals surface area contributed by atoms with Gasteiger partial charge in [0.25, 0.3) is 0 Å². The predicted octanol–water partition coefficient (Wildman–Crippen LogP) is 18.7. The maximum atomic E-state index is 7.48. The molecule has 0 unspecified atom stereocenters. The Kier molecular flexibility index (Phi) is 11.3. The number of fused-ring (bicyclic) bond motifs is 10. The summed E-state index contributed by atoms with van der Waals surface area (Å²) >= 11 is 0. The number of benzene rings is 7. The zero-order chi connectivity index (χ0) is 54.7. The lowest BCUT2D eigenvalue weighted by Crippen LogP contribution is -2.60. The minimum absolute atomic E-state index is 0.123. The third-order valence-corrected chi connectivity index (χ3v) is 16.9. The maximum Gasteiger partial charge on any atom is 0.342 e. The molecule has 81 heavy (non-hydrogen) atoms. The predicted molar refractivity (Wildman–Crippen MR) is 337 cm³/mol. The first-order chi connectivity index (χ1) is 39.4. The normalized spacial score (nSPS) is 16.1. The van der Waals surface area contributed by atoms with Crippen molar-refractivity contribution in [1.82, 2.24) is 0 Å². The molecule has 0 N–H and O–H groups in total. The van der Waals surface area contributed by atoms with Crippen LogP contribution in [0.15, 0.2) is 218 Å². The molecule has 6 heterocycles. The average Bonchev–Trinajstić information content (AvgIpc) is 4.23. The molecule has 0 fully saturated rings. The van der Waals surface area contributed by atoms with Gasteiger partial charge in [-0.1, -0.05) is 157 Å². The lowest BCUT2D eigenvalue weighted by atomic mass is 9.37. The van der Waals surface area contributed by atoms with Crippen molar-refractivity contribution in [3.05, 3.63) is 234 Å². The molecule has 6 nitrogen and oxygen atoms in total. The fourth-order valence-electron chi connectivity index (χ4n) is 12.7. The Morgan fingerprint density at radius 3 is 1.30 bits per heavy atom. The molecule has 0 bridgehead atoms. The number of hydrogen-bond acceptors (Lipinski definition) is 6. The molecule has 11 aromatic rings. The van der Waals surface area contributed by atoms with E-state index in [4.69, 9.17) is 17.7 Å². The molecule has 15 rings (SSSR count). The summed E-state index contributed by atoms with van der Waals surface area (Å²) in [6, 6.07) is 60.0. The second kappa shape index (κ2) is 18.7.